The number of carbonyl (C=O) groups excluding carboxylic acids is 2. The van der Waals surface area contributed by atoms with Crippen LogP contribution >= 0.6 is 11.3 Å². The summed E-state index contributed by atoms with van der Waals surface area (Å²) < 4.78 is 4.75. The predicted molar refractivity (Wildman–Crippen MR) is 73.3 cm³/mol. The van der Waals surface area contributed by atoms with Crippen molar-refractivity contribution in [2.24, 2.45) is 0 Å². The molecular weight excluding hydrogens is 250 g/mol. The molecule has 4 nitrogen and oxygen atoms in total. The van der Waals surface area contributed by atoms with Gasteiger partial charge in [0.1, 0.15) is 5.00 Å². The van der Waals surface area contributed by atoms with Gasteiger partial charge in [-0.3, -0.25) is 4.79 Å². The van der Waals surface area contributed by atoms with Crippen LogP contribution in [0.4, 0.5) is 5.00 Å². The van der Waals surface area contributed by atoms with Gasteiger partial charge in [-0.1, -0.05) is 13.3 Å². The molecule has 0 bridgehead atoms. The van der Waals surface area contributed by atoms with Crippen LogP contribution in [0.5, 0.6) is 0 Å². The molecular formula is C13H19NO3S. The third-order valence-electron chi connectivity index (χ3n) is 2.79. The van der Waals surface area contributed by atoms with Crippen LogP contribution in [0.2, 0.25) is 0 Å². The van der Waals surface area contributed by atoms with E-state index in [-0.39, 0.29) is 5.91 Å². The number of nitrogens with one attached hydrogen (secondary N) is 1. The molecule has 0 atom stereocenters. The summed E-state index contributed by atoms with van der Waals surface area (Å²) in [4.78, 5) is 24.4. The second kappa shape index (κ2) is 6.54. The van der Waals surface area contributed by atoms with Crippen LogP contribution in [0.1, 0.15) is 47.0 Å². The summed E-state index contributed by atoms with van der Waals surface area (Å²) in [5.41, 5.74) is 1.35. The van der Waals surface area contributed by atoms with E-state index in [1.54, 1.807) is 0 Å². The van der Waals surface area contributed by atoms with Gasteiger partial charge in [-0.2, -0.15) is 0 Å². The van der Waals surface area contributed by atoms with Crippen molar-refractivity contribution in [2.45, 2.75) is 40.0 Å². The third-order valence-corrected chi connectivity index (χ3v) is 3.91. The Kier molecular flexibility index (Phi) is 5.34. The lowest BCUT2D eigenvalue weighted by molar-refractivity contribution is -0.116. The normalized spacial score (nSPS) is 10.2. The standard InChI is InChI=1S/C13H19NO3S/c1-5-6-7-10(15)14-12-11(13(16)17-4)8(2)9(3)18-12/h5-7H2,1-4H3,(H,14,15). The quantitative estimate of drug-likeness (QED) is 0.835. The molecule has 1 aromatic rings. The molecule has 5 heteroatoms. The third kappa shape index (κ3) is 3.32. The van der Waals surface area contributed by atoms with E-state index in [0.29, 0.717) is 17.0 Å². The first-order valence-corrected chi connectivity index (χ1v) is 6.81. The van der Waals surface area contributed by atoms with Crippen molar-refractivity contribution in [3.63, 3.8) is 0 Å². The number of thiophene rings is 1. The van der Waals surface area contributed by atoms with Crippen molar-refractivity contribution in [3.05, 3.63) is 16.0 Å². The highest BCUT2D eigenvalue weighted by atomic mass is 32.1. The lowest BCUT2D eigenvalue weighted by atomic mass is 10.1. The molecule has 1 heterocycles. The van der Waals surface area contributed by atoms with E-state index in [1.165, 1.54) is 18.4 Å². The number of esters is 1. The first kappa shape index (κ1) is 14.7. The largest absolute Gasteiger partial charge is 0.465 e. The van der Waals surface area contributed by atoms with Gasteiger partial charge in [-0.05, 0) is 25.8 Å². The second-order valence-electron chi connectivity index (χ2n) is 4.13. The van der Waals surface area contributed by atoms with Crippen LogP contribution in [0.25, 0.3) is 0 Å². The summed E-state index contributed by atoms with van der Waals surface area (Å²) in [6.07, 6.45) is 2.30. The molecule has 0 radical (unpaired) electrons. The van der Waals surface area contributed by atoms with Crippen molar-refractivity contribution < 1.29 is 14.3 Å². The van der Waals surface area contributed by atoms with Gasteiger partial charge in [-0.25, -0.2) is 4.79 Å². The Morgan fingerprint density at radius 2 is 2.00 bits per heavy atom. The van der Waals surface area contributed by atoms with E-state index in [2.05, 4.69) is 5.32 Å². The molecule has 0 aliphatic carbocycles. The summed E-state index contributed by atoms with van der Waals surface area (Å²) in [6, 6.07) is 0. The topological polar surface area (TPSA) is 55.4 Å². The predicted octanol–water partition coefficient (Wildman–Crippen LogP) is 3.28. The zero-order valence-electron chi connectivity index (χ0n) is 11.3. The number of aryl methyl sites for hydroxylation is 1. The highest BCUT2D eigenvalue weighted by molar-refractivity contribution is 7.16. The number of rotatable bonds is 5. The minimum absolute atomic E-state index is 0.0525. The highest BCUT2D eigenvalue weighted by Crippen LogP contribution is 2.33. The molecule has 1 aromatic heterocycles. The fourth-order valence-electron chi connectivity index (χ4n) is 1.59. The van der Waals surface area contributed by atoms with E-state index >= 15 is 0 Å². The fraction of sp³-hybridized carbons (Fsp3) is 0.538. The van der Waals surface area contributed by atoms with Crippen LogP contribution in [0.15, 0.2) is 0 Å². The van der Waals surface area contributed by atoms with Crippen LogP contribution in [-0.2, 0) is 9.53 Å². The van der Waals surface area contributed by atoms with Crippen molar-refractivity contribution in [1.82, 2.24) is 0 Å². The van der Waals surface area contributed by atoms with Gasteiger partial charge in [0.05, 0.1) is 12.7 Å². The summed E-state index contributed by atoms with van der Waals surface area (Å²) >= 11 is 1.41. The molecule has 0 spiro atoms. The molecule has 0 fully saturated rings. The molecule has 0 aliphatic heterocycles. The monoisotopic (exact) mass is 269 g/mol. The average molecular weight is 269 g/mol. The maximum absolute atomic E-state index is 11.7. The Labute approximate surface area is 111 Å². The minimum atomic E-state index is -0.400. The number of hydrogen-bond acceptors (Lipinski definition) is 4. The van der Waals surface area contributed by atoms with Gasteiger partial charge in [0, 0.05) is 11.3 Å². The molecule has 0 saturated heterocycles. The van der Waals surface area contributed by atoms with Crippen LogP contribution in [0, 0.1) is 13.8 Å². The Hall–Kier alpha value is -1.36. The first-order chi connectivity index (χ1) is 8.51. The summed E-state index contributed by atoms with van der Waals surface area (Å²) in [5, 5.41) is 3.40. The molecule has 100 valence electrons. The Morgan fingerprint density at radius 3 is 2.56 bits per heavy atom. The van der Waals surface area contributed by atoms with Gasteiger partial charge in [0.25, 0.3) is 0 Å². The summed E-state index contributed by atoms with van der Waals surface area (Å²) in [6.45, 7) is 5.82. The number of unbranched alkanes of at least 4 members (excludes halogenated alkanes) is 1. The smallest absolute Gasteiger partial charge is 0.341 e. The van der Waals surface area contributed by atoms with Gasteiger partial charge in [0.15, 0.2) is 0 Å². The fourth-order valence-corrected chi connectivity index (χ4v) is 2.65. The maximum atomic E-state index is 11.7. The number of hydrogen-bond donors (Lipinski definition) is 1. The highest BCUT2D eigenvalue weighted by Gasteiger charge is 2.21. The second-order valence-corrected chi connectivity index (χ2v) is 5.36. The van der Waals surface area contributed by atoms with Crippen LogP contribution < -0.4 is 5.32 Å². The number of carbonyl (C=O) groups is 2. The molecule has 0 aliphatic rings. The van der Waals surface area contributed by atoms with Crippen molar-refractivity contribution in [3.8, 4) is 0 Å². The van der Waals surface area contributed by atoms with Crippen LogP contribution in [-0.4, -0.2) is 19.0 Å². The Balaban J connectivity index is 2.91. The molecule has 1 rings (SSSR count). The zero-order chi connectivity index (χ0) is 13.7. The van der Waals surface area contributed by atoms with Crippen molar-refractivity contribution >= 4 is 28.2 Å². The maximum Gasteiger partial charge on any atom is 0.341 e. The van der Waals surface area contributed by atoms with Gasteiger partial charge in [0.2, 0.25) is 5.91 Å². The van der Waals surface area contributed by atoms with E-state index in [0.717, 1.165) is 23.3 Å². The van der Waals surface area contributed by atoms with E-state index < -0.39 is 5.97 Å². The molecule has 1 N–H and O–H groups in total. The average Bonchev–Trinajstić information content (AvgIpc) is 2.61. The minimum Gasteiger partial charge on any atom is -0.465 e. The molecule has 0 saturated carbocycles. The molecule has 1 amide bonds. The first-order valence-electron chi connectivity index (χ1n) is 5.99. The summed E-state index contributed by atoms with van der Waals surface area (Å²) in [5.74, 6) is -0.453. The lowest BCUT2D eigenvalue weighted by Crippen LogP contribution is -2.13. The number of anilines is 1. The van der Waals surface area contributed by atoms with E-state index in [9.17, 15) is 9.59 Å². The van der Waals surface area contributed by atoms with E-state index in [1.807, 2.05) is 20.8 Å². The van der Waals surface area contributed by atoms with Gasteiger partial charge >= 0.3 is 5.97 Å². The molecule has 0 unspecified atom stereocenters. The zero-order valence-corrected chi connectivity index (χ0v) is 12.1. The number of methoxy groups -OCH3 is 1. The number of ether oxygens (including phenoxy) is 1. The Morgan fingerprint density at radius 1 is 1.33 bits per heavy atom. The van der Waals surface area contributed by atoms with Gasteiger partial charge in [-0.15, -0.1) is 11.3 Å². The SMILES string of the molecule is CCCCC(=O)Nc1sc(C)c(C)c1C(=O)OC. The van der Waals surface area contributed by atoms with Gasteiger partial charge < -0.3 is 10.1 Å². The number of amides is 1. The van der Waals surface area contributed by atoms with Crippen molar-refractivity contribution in [2.75, 3.05) is 12.4 Å². The van der Waals surface area contributed by atoms with E-state index in [4.69, 9.17) is 4.74 Å². The van der Waals surface area contributed by atoms with Crippen LogP contribution in [0.3, 0.4) is 0 Å². The molecule has 0 aromatic carbocycles. The lowest BCUT2D eigenvalue weighted by Gasteiger charge is -2.05. The Bertz CT molecular complexity index is 451. The van der Waals surface area contributed by atoms with Crippen molar-refractivity contribution in [1.29, 1.82) is 0 Å². The molecule has 18 heavy (non-hydrogen) atoms. The summed E-state index contributed by atoms with van der Waals surface area (Å²) in [7, 11) is 1.34.